The zero-order chi connectivity index (χ0) is 59.8. The van der Waals surface area contributed by atoms with Crippen LogP contribution in [0.1, 0.15) is 94.4 Å². The molecule has 5 aromatic carbocycles. The van der Waals surface area contributed by atoms with Crippen molar-refractivity contribution in [3.63, 3.8) is 0 Å². The maximum absolute atomic E-state index is 5.56. The van der Waals surface area contributed by atoms with Gasteiger partial charge in [0.1, 0.15) is 23.1 Å². The molecule has 0 saturated carbocycles. The van der Waals surface area contributed by atoms with E-state index in [0.717, 1.165) is 118 Å². The molecule has 0 atom stereocenters. The summed E-state index contributed by atoms with van der Waals surface area (Å²) in [7, 11) is 3.28. The molecule has 0 fully saturated rings. The van der Waals surface area contributed by atoms with Gasteiger partial charge in [0.05, 0.1) is 94.5 Å². The molecule has 0 amide bonds. The normalized spacial score (nSPS) is 11.6. The molecule has 0 bridgehead atoms. The molecule has 10 rings (SSSR count). The minimum atomic E-state index is 0. The first-order valence-electron chi connectivity index (χ1n) is 26.3. The second kappa shape index (κ2) is 29.5. The first kappa shape index (κ1) is 63.9. The highest BCUT2D eigenvalue weighted by Crippen LogP contribution is 2.27. The van der Waals surface area contributed by atoms with Gasteiger partial charge in [-0.25, -0.2) is 49.8 Å². The summed E-state index contributed by atoms with van der Waals surface area (Å²) in [5, 5.41) is 5.18. The first-order valence-corrected chi connectivity index (χ1v) is 26.3. The molecule has 21 heteroatoms. The third-order valence-electron chi connectivity index (χ3n) is 11.9. The summed E-state index contributed by atoms with van der Waals surface area (Å²) in [6.45, 7) is 25.3. The minimum Gasteiger partial charge on any atom is -0.497 e. The van der Waals surface area contributed by atoms with Crippen LogP contribution >= 0.6 is 0 Å². The highest BCUT2D eigenvalue weighted by atomic mass is 16.5. The molecule has 432 valence electrons. The van der Waals surface area contributed by atoms with Crippen LogP contribution in [-0.2, 0) is 6.42 Å². The molecular formula is C62H76N18O3. The Kier molecular flexibility index (Phi) is 22.7. The largest absolute Gasteiger partial charge is 0.497 e. The van der Waals surface area contributed by atoms with E-state index in [-0.39, 0.29) is 7.43 Å². The fourth-order valence-corrected chi connectivity index (χ4v) is 8.25. The van der Waals surface area contributed by atoms with Gasteiger partial charge in [0, 0.05) is 44.8 Å². The second-order valence-corrected chi connectivity index (χ2v) is 18.9. The fraction of sp³-hybridized carbons (Fsp3) is 0.290. The molecule has 0 radical (unpaired) electrons. The standard InChI is InChI=1S/C13H16N4O.C13H16N4.C12H14N4O.C12H14N4.C11H12N2O.CH4/c1-4-18-10-5-6-11-8(2)15-13(16-9(3)14)17-12(11)7-10;1-4-11-10-6-5-8(2)7-12(10)17-13(16-11)15-9(3)14;1-7-10-5-4-9(17-3)6-11(10)16-12(14-7)15-8(2)13;1-7-5-4-6-10-8(2)14-12(15-9(3)13)16-11(7)10;1-7-10-6-9(14-3)4-5-11(10)13-8(2)12-7;/h5-7H,4H2,1-3H3,(H2,14,15,16,17);5-7H,4H2,1-3H3,(H2,14,15,16,17);4-6H,1-3H3,(H2,13,14,15,16);4-6H,1-3H3,(H2,13,14,15,16);4-6H,1-3H3;1H4. The summed E-state index contributed by atoms with van der Waals surface area (Å²) in [6.07, 6.45) is 0.855. The zero-order valence-corrected chi connectivity index (χ0v) is 49.4. The molecule has 0 aliphatic heterocycles. The number of nitrogens with zero attached hydrogens (tertiary/aromatic N) is 14. The third kappa shape index (κ3) is 17.8. The van der Waals surface area contributed by atoms with Crippen LogP contribution in [0.3, 0.4) is 0 Å². The number of fused-ring (bicyclic) bond motifs is 5. The molecule has 0 saturated heterocycles. The van der Waals surface area contributed by atoms with Crippen LogP contribution in [0.5, 0.6) is 17.2 Å². The summed E-state index contributed by atoms with van der Waals surface area (Å²) in [5.74, 6) is 6.65. The Hall–Kier alpha value is -9.92. The number of aromatic nitrogens is 10. The van der Waals surface area contributed by atoms with Crippen LogP contribution in [0.4, 0.5) is 23.8 Å². The Morgan fingerprint density at radius 3 is 1.39 bits per heavy atom. The first-order chi connectivity index (χ1) is 39.1. The quantitative estimate of drug-likeness (QED) is 0.0771. The summed E-state index contributed by atoms with van der Waals surface area (Å²) in [6, 6.07) is 29.5. The predicted octanol–water partition coefficient (Wildman–Crippen LogP) is 12.0. The van der Waals surface area contributed by atoms with Gasteiger partial charge in [-0.15, -0.1) is 0 Å². The van der Waals surface area contributed by atoms with Crippen molar-refractivity contribution in [1.29, 1.82) is 0 Å². The number of ether oxygens (including phenoxy) is 3. The lowest BCUT2D eigenvalue weighted by Crippen LogP contribution is -2.05. The number of aliphatic imine (C=N–C) groups is 4. The van der Waals surface area contributed by atoms with Gasteiger partial charge in [-0.05, 0) is 149 Å². The molecule has 8 N–H and O–H groups in total. The van der Waals surface area contributed by atoms with Crippen LogP contribution in [-0.4, -0.2) is 94.0 Å². The van der Waals surface area contributed by atoms with Crippen molar-refractivity contribution in [2.24, 2.45) is 42.9 Å². The highest BCUT2D eigenvalue weighted by molar-refractivity contribution is 5.88. The van der Waals surface area contributed by atoms with E-state index in [9.17, 15) is 0 Å². The van der Waals surface area contributed by atoms with Crippen molar-refractivity contribution in [1.82, 2.24) is 49.8 Å². The Bertz CT molecular complexity index is 4030. The molecule has 0 aliphatic carbocycles. The van der Waals surface area contributed by atoms with E-state index in [1.54, 1.807) is 41.9 Å². The van der Waals surface area contributed by atoms with Crippen LogP contribution in [0.25, 0.3) is 54.5 Å². The average molecular weight is 1120 g/mol. The lowest BCUT2D eigenvalue weighted by molar-refractivity contribution is 0.340. The number of benzene rings is 5. The van der Waals surface area contributed by atoms with Gasteiger partial charge in [0.15, 0.2) is 0 Å². The lowest BCUT2D eigenvalue weighted by atomic mass is 10.1. The van der Waals surface area contributed by atoms with Crippen molar-refractivity contribution in [2.75, 3.05) is 20.8 Å². The van der Waals surface area contributed by atoms with Gasteiger partial charge in [0.2, 0.25) is 0 Å². The van der Waals surface area contributed by atoms with Gasteiger partial charge in [0.25, 0.3) is 23.8 Å². The number of aryl methyl sites for hydroxylation is 8. The summed E-state index contributed by atoms with van der Waals surface area (Å²) in [4.78, 5) is 59.8. The van der Waals surface area contributed by atoms with E-state index < -0.39 is 0 Å². The van der Waals surface area contributed by atoms with Crippen molar-refractivity contribution in [2.45, 2.75) is 104 Å². The summed E-state index contributed by atoms with van der Waals surface area (Å²) >= 11 is 0. The molecule has 10 aromatic rings. The van der Waals surface area contributed by atoms with E-state index >= 15 is 0 Å². The number of nitrogens with two attached hydrogens (primary N) is 4. The lowest BCUT2D eigenvalue weighted by Gasteiger charge is -2.06. The molecule has 83 heavy (non-hydrogen) atoms. The number of hydrogen-bond acceptors (Lipinski definition) is 17. The van der Waals surface area contributed by atoms with Crippen LogP contribution in [0.15, 0.2) is 111 Å². The topological polar surface area (TPSA) is 310 Å². The molecular weight excluding hydrogens is 1040 g/mol. The van der Waals surface area contributed by atoms with Gasteiger partial charge < -0.3 is 37.1 Å². The number of hydrogen-bond donors (Lipinski definition) is 4. The van der Waals surface area contributed by atoms with E-state index in [1.165, 1.54) is 5.56 Å². The zero-order valence-electron chi connectivity index (χ0n) is 49.4. The average Bonchev–Trinajstić information content (AvgIpc) is 3.58. The number of methoxy groups -OCH3 is 2. The Morgan fingerprint density at radius 1 is 0.422 bits per heavy atom. The van der Waals surface area contributed by atoms with Crippen molar-refractivity contribution < 1.29 is 14.2 Å². The summed E-state index contributed by atoms with van der Waals surface area (Å²) < 4.78 is 15.8. The predicted molar refractivity (Wildman–Crippen MR) is 339 cm³/mol. The van der Waals surface area contributed by atoms with E-state index in [4.69, 9.17) is 37.1 Å². The second-order valence-electron chi connectivity index (χ2n) is 18.9. The van der Waals surface area contributed by atoms with Crippen LogP contribution in [0, 0.1) is 48.5 Å². The van der Waals surface area contributed by atoms with E-state index in [2.05, 4.69) is 88.9 Å². The number of amidine groups is 4. The molecule has 5 aromatic heterocycles. The van der Waals surface area contributed by atoms with Crippen molar-refractivity contribution >= 4 is 102 Å². The van der Waals surface area contributed by atoms with Gasteiger partial charge >= 0.3 is 0 Å². The Morgan fingerprint density at radius 2 is 0.867 bits per heavy atom. The van der Waals surface area contributed by atoms with E-state index in [0.29, 0.717) is 53.7 Å². The number of rotatable bonds is 9. The number of para-hydroxylation sites is 1. The maximum atomic E-state index is 5.56. The van der Waals surface area contributed by atoms with Crippen LogP contribution in [0.2, 0.25) is 0 Å². The highest BCUT2D eigenvalue weighted by Gasteiger charge is 2.10. The Labute approximate surface area is 485 Å². The van der Waals surface area contributed by atoms with E-state index in [1.807, 2.05) is 134 Å². The van der Waals surface area contributed by atoms with Gasteiger partial charge in [-0.1, -0.05) is 44.7 Å². The van der Waals surface area contributed by atoms with Crippen LogP contribution < -0.4 is 37.1 Å². The maximum Gasteiger partial charge on any atom is 0.251 e. The van der Waals surface area contributed by atoms with Crippen molar-refractivity contribution in [3.8, 4) is 17.2 Å². The fourth-order valence-electron chi connectivity index (χ4n) is 8.25. The molecule has 5 heterocycles. The monoisotopic (exact) mass is 1120 g/mol. The SMILES string of the molecule is C.CC(N)=Nc1nc(C)c2cccc(C)c2n1.CCOc1ccc2c(C)nc(N=C(C)N)nc2c1.CCc1nc(N=C(C)N)nc2cc(C)ccc12.COc1ccc2c(C)nc(N=C(C)N)nc2c1.COc1ccc2nc(C)nc(C)c2c1. The Balaban J connectivity index is 0.000000190. The molecule has 21 nitrogen and oxygen atoms in total. The summed E-state index contributed by atoms with van der Waals surface area (Å²) in [5.41, 5.74) is 33.6. The molecule has 0 spiro atoms. The van der Waals surface area contributed by atoms with Gasteiger partial charge in [-0.2, -0.15) is 20.0 Å². The molecule has 0 aliphatic rings. The van der Waals surface area contributed by atoms with Crippen molar-refractivity contribution in [3.05, 3.63) is 136 Å². The molecule has 0 unspecified atom stereocenters. The minimum absolute atomic E-state index is 0. The smallest absolute Gasteiger partial charge is 0.251 e. The third-order valence-corrected chi connectivity index (χ3v) is 11.9. The van der Waals surface area contributed by atoms with Gasteiger partial charge in [-0.3, -0.25) is 0 Å².